The highest BCUT2D eigenvalue weighted by atomic mass is 35.5. The number of nitrogens with two attached hydrogens (primary N) is 1. The Hall–Kier alpha value is -1.60. The highest BCUT2D eigenvalue weighted by molar-refractivity contribution is 7.89. The lowest BCUT2D eigenvalue weighted by Crippen LogP contribution is -2.31. The summed E-state index contributed by atoms with van der Waals surface area (Å²) in [5.74, 6) is 1.14. The third kappa shape index (κ3) is 3.67. The Kier molecular flexibility index (Phi) is 4.59. The number of hydrogen-bond acceptors (Lipinski definition) is 4. The molecule has 2 aromatic carbocycles. The minimum Gasteiger partial charge on any atom is -0.457 e. The van der Waals surface area contributed by atoms with Gasteiger partial charge < -0.3 is 10.5 Å². The average molecular weight is 353 g/mol. The molecule has 0 aliphatic carbocycles. The first-order chi connectivity index (χ1) is 10.9. The number of rotatable bonds is 4. The van der Waals surface area contributed by atoms with E-state index in [0.717, 1.165) is 0 Å². The van der Waals surface area contributed by atoms with Crippen LogP contribution in [0.4, 0.5) is 0 Å². The van der Waals surface area contributed by atoms with Crippen LogP contribution >= 0.6 is 11.6 Å². The highest BCUT2D eigenvalue weighted by Gasteiger charge is 2.30. The Morgan fingerprint density at radius 3 is 2.48 bits per heavy atom. The van der Waals surface area contributed by atoms with Gasteiger partial charge in [0.2, 0.25) is 10.0 Å². The zero-order valence-corrected chi connectivity index (χ0v) is 13.9. The first-order valence-corrected chi connectivity index (χ1v) is 9.06. The van der Waals surface area contributed by atoms with Gasteiger partial charge in [0.15, 0.2) is 0 Å². The summed E-state index contributed by atoms with van der Waals surface area (Å²) < 4.78 is 32.1. The fourth-order valence-corrected chi connectivity index (χ4v) is 4.16. The maximum atomic E-state index is 12.5. The van der Waals surface area contributed by atoms with Crippen molar-refractivity contribution in [1.82, 2.24) is 4.31 Å². The predicted molar refractivity (Wildman–Crippen MR) is 89.3 cm³/mol. The molecule has 1 fully saturated rings. The monoisotopic (exact) mass is 352 g/mol. The van der Waals surface area contributed by atoms with Crippen LogP contribution in [0, 0.1) is 0 Å². The van der Waals surface area contributed by atoms with Crippen molar-refractivity contribution in [2.45, 2.75) is 17.4 Å². The summed E-state index contributed by atoms with van der Waals surface area (Å²) in [4.78, 5) is 0.241. The molecule has 0 spiro atoms. The highest BCUT2D eigenvalue weighted by Crippen LogP contribution is 2.27. The fourth-order valence-electron chi connectivity index (χ4n) is 2.47. The normalized spacial score (nSPS) is 19.0. The molecule has 122 valence electrons. The molecule has 2 N–H and O–H groups in total. The van der Waals surface area contributed by atoms with Gasteiger partial charge in [-0.3, -0.25) is 0 Å². The Labute approximate surface area is 140 Å². The summed E-state index contributed by atoms with van der Waals surface area (Å²) in [5, 5.41) is 0.576. The van der Waals surface area contributed by atoms with Crippen LogP contribution in [0.1, 0.15) is 6.42 Å². The first kappa shape index (κ1) is 16.3. The van der Waals surface area contributed by atoms with Crippen molar-refractivity contribution in [1.29, 1.82) is 0 Å². The minimum atomic E-state index is -3.49. The predicted octanol–water partition coefficient (Wildman–Crippen LogP) is 2.85. The summed E-state index contributed by atoms with van der Waals surface area (Å²) >= 11 is 5.91. The summed E-state index contributed by atoms with van der Waals surface area (Å²) in [5.41, 5.74) is 5.79. The zero-order chi connectivity index (χ0) is 16.4. The van der Waals surface area contributed by atoms with Crippen LogP contribution in [0.2, 0.25) is 5.02 Å². The molecule has 0 aromatic heterocycles. The maximum Gasteiger partial charge on any atom is 0.243 e. The van der Waals surface area contributed by atoms with E-state index < -0.39 is 10.0 Å². The van der Waals surface area contributed by atoms with Gasteiger partial charge in [-0.2, -0.15) is 4.31 Å². The molecular weight excluding hydrogens is 336 g/mol. The smallest absolute Gasteiger partial charge is 0.243 e. The Bertz CT molecular complexity index is 793. The van der Waals surface area contributed by atoms with E-state index >= 15 is 0 Å². The summed E-state index contributed by atoms with van der Waals surface area (Å²) in [6, 6.07) is 13.3. The number of halogens is 1. The molecule has 3 rings (SSSR count). The molecule has 0 saturated carbocycles. The Morgan fingerprint density at radius 1 is 1.13 bits per heavy atom. The van der Waals surface area contributed by atoms with Crippen LogP contribution in [0.25, 0.3) is 0 Å². The third-order valence-corrected chi connectivity index (χ3v) is 5.80. The number of hydrogen-bond donors (Lipinski definition) is 1. The van der Waals surface area contributed by atoms with E-state index in [1.54, 1.807) is 48.5 Å². The van der Waals surface area contributed by atoms with E-state index in [9.17, 15) is 8.42 Å². The topological polar surface area (TPSA) is 72.6 Å². The van der Waals surface area contributed by atoms with Crippen LogP contribution in [-0.2, 0) is 10.0 Å². The number of sulfonamides is 1. The third-order valence-electron chi connectivity index (χ3n) is 3.68. The lowest BCUT2D eigenvalue weighted by Gasteiger charge is -2.16. The SMILES string of the molecule is N[C@@H]1CCN(S(=O)(=O)c2ccc(Oc3cccc(Cl)c3)cc2)C1. The zero-order valence-electron chi connectivity index (χ0n) is 12.4. The molecule has 5 nitrogen and oxygen atoms in total. The van der Waals surface area contributed by atoms with Crippen molar-refractivity contribution in [3.63, 3.8) is 0 Å². The van der Waals surface area contributed by atoms with Gasteiger partial charge >= 0.3 is 0 Å². The molecule has 1 aliphatic rings. The average Bonchev–Trinajstić information content (AvgIpc) is 2.95. The van der Waals surface area contributed by atoms with Crippen molar-refractivity contribution in [2.75, 3.05) is 13.1 Å². The van der Waals surface area contributed by atoms with Gasteiger partial charge in [0, 0.05) is 24.2 Å². The summed E-state index contributed by atoms with van der Waals surface area (Å²) in [7, 11) is -3.49. The molecule has 0 bridgehead atoms. The van der Waals surface area contributed by atoms with Gasteiger partial charge in [-0.15, -0.1) is 0 Å². The Morgan fingerprint density at radius 2 is 1.87 bits per heavy atom. The van der Waals surface area contributed by atoms with Crippen LogP contribution in [-0.4, -0.2) is 31.9 Å². The molecule has 7 heteroatoms. The van der Waals surface area contributed by atoms with Gasteiger partial charge in [-0.25, -0.2) is 8.42 Å². The van der Waals surface area contributed by atoms with Crippen LogP contribution < -0.4 is 10.5 Å². The fraction of sp³-hybridized carbons (Fsp3) is 0.250. The standard InChI is InChI=1S/C16H17ClN2O3S/c17-12-2-1-3-15(10-12)22-14-4-6-16(7-5-14)23(20,21)19-9-8-13(18)11-19/h1-7,10,13H,8-9,11,18H2/t13-/m1/s1. The second-order valence-electron chi connectivity index (χ2n) is 5.44. The summed E-state index contributed by atoms with van der Waals surface area (Å²) in [6.45, 7) is 0.827. The van der Waals surface area contributed by atoms with E-state index in [2.05, 4.69) is 0 Å². The van der Waals surface area contributed by atoms with Crippen molar-refractivity contribution in [3.8, 4) is 11.5 Å². The van der Waals surface area contributed by atoms with Gasteiger partial charge in [0.05, 0.1) is 4.90 Å². The largest absolute Gasteiger partial charge is 0.457 e. The molecule has 0 amide bonds. The quantitative estimate of drug-likeness (QED) is 0.918. The van der Waals surface area contributed by atoms with Crippen LogP contribution in [0.5, 0.6) is 11.5 Å². The molecule has 0 radical (unpaired) electrons. The molecule has 23 heavy (non-hydrogen) atoms. The minimum absolute atomic E-state index is 0.0878. The number of nitrogens with zero attached hydrogens (tertiary/aromatic N) is 1. The maximum absolute atomic E-state index is 12.5. The van der Waals surface area contributed by atoms with Crippen molar-refractivity contribution in [2.24, 2.45) is 5.73 Å². The second kappa shape index (κ2) is 6.49. The molecule has 1 saturated heterocycles. The van der Waals surface area contributed by atoms with E-state index in [0.29, 0.717) is 36.0 Å². The van der Waals surface area contributed by atoms with Crippen LogP contribution in [0.15, 0.2) is 53.4 Å². The molecule has 1 heterocycles. The molecular formula is C16H17ClN2O3S. The van der Waals surface area contributed by atoms with Crippen LogP contribution in [0.3, 0.4) is 0 Å². The van der Waals surface area contributed by atoms with E-state index in [4.69, 9.17) is 22.1 Å². The van der Waals surface area contributed by atoms with Crippen molar-refractivity contribution < 1.29 is 13.2 Å². The van der Waals surface area contributed by atoms with Gasteiger partial charge in [0.25, 0.3) is 0 Å². The lowest BCUT2D eigenvalue weighted by atomic mass is 10.3. The summed E-state index contributed by atoms with van der Waals surface area (Å²) in [6.07, 6.45) is 0.690. The van der Waals surface area contributed by atoms with Crippen molar-refractivity contribution >= 4 is 21.6 Å². The molecule has 2 aromatic rings. The van der Waals surface area contributed by atoms with E-state index in [-0.39, 0.29) is 10.9 Å². The number of ether oxygens (including phenoxy) is 1. The number of benzene rings is 2. The van der Waals surface area contributed by atoms with Crippen molar-refractivity contribution in [3.05, 3.63) is 53.6 Å². The Balaban J connectivity index is 1.76. The van der Waals surface area contributed by atoms with E-state index in [1.165, 1.54) is 4.31 Å². The molecule has 1 aliphatic heterocycles. The lowest BCUT2D eigenvalue weighted by molar-refractivity contribution is 0.471. The first-order valence-electron chi connectivity index (χ1n) is 7.24. The van der Waals surface area contributed by atoms with Gasteiger partial charge in [-0.1, -0.05) is 17.7 Å². The van der Waals surface area contributed by atoms with E-state index in [1.807, 2.05) is 0 Å². The second-order valence-corrected chi connectivity index (χ2v) is 7.82. The van der Waals surface area contributed by atoms with Gasteiger partial charge in [0.1, 0.15) is 11.5 Å². The van der Waals surface area contributed by atoms with Gasteiger partial charge in [-0.05, 0) is 48.9 Å². The molecule has 1 atom stereocenters. The molecule has 0 unspecified atom stereocenters.